The van der Waals surface area contributed by atoms with Crippen LogP contribution in [0, 0.1) is 0 Å². The van der Waals surface area contributed by atoms with Gasteiger partial charge in [0.15, 0.2) is 0 Å². The molecule has 0 atom stereocenters. The van der Waals surface area contributed by atoms with Crippen molar-refractivity contribution in [3.8, 4) is 0 Å². The Balaban J connectivity index is 0.000000980. The molecule has 70 valence electrons. The second-order valence-corrected chi connectivity index (χ2v) is 2.87. The van der Waals surface area contributed by atoms with Crippen LogP contribution in [0.1, 0.15) is 10.4 Å². The number of rotatable bonds is 1. The van der Waals surface area contributed by atoms with Gasteiger partial charge in [-0.3, -0.25) is 0 Å². The van der Waals surface area contributed by atoms with Crippen molar-refractivity contribution in [3.05, 3.63) is 48.0 Å². The first kappa shape index (κ1) is 11.1. The molecule has 0 aliphatic heterocycles. The molecule has 0 spiro atoms. The number of carbonyl (C=O) groups is 1. The molecule has 0 amide bonds. The Morgan fingerprint density at radius 1 is 1.00 bits per heavy atom. The van der Waals surface area contributed by atoms with E-state index in [0.29, 0.717) is 5.56 Å². The van der Waals surface area contributed by atoms with E-state index in [2.05, 4.69) is 0 Å². The van der Waals surface area contributed by atoms with Crippen molar-refractivity contribution in [2.75, 3.05) is 0 Å². The molecule has 0 unspecified atom stereocenters. The van der Waals surface area contributed by atoms with Crippen LogP contribution in [-0.4, -0.2) is 36.9 Å². The van der Waals surface area contributed by atoms with E-state index >= 15 is 0 Å². The van der Waals surface area contributed by atoms with Crippen LogP contribution in [0.25, 0.3) is 10.8 Å². The summed E-state index contributed by atoms with van der Waals surface area (Å²) < 4.78 is 0. The molecule has 3 heteroatoms. The van der Waals surface area contributed by atoms with Gasteiger partial charge in [-0.25, -0.2) is 4.79 Å². The van der Waals surface area contributed by atoms with Gasteiger partial charge in [0.2, 0.25) is 0 Å². The van der Waals surface area contributed by atoms with Crippen LogP contribution >= 0.6 is 0 Å². The van der Waals surface area contributed by atoms with Gasteiger partial charge in [-0.2, -0.15) is 0 Å². The molecule has 0 saturated heterocycles. The summed E-state index contributed by atoms with van der Waals surface area (Å²) in [5.41, 5.74) is 0.332. The zero-order valence-corrected chi connectivity index (χ0v) is 6.90. The molecular weight excluding hydrogens is 279 g/mol. The summed E-state index contributed by atoms with van der Waals surface area (Å²) in [4.78, 5) is 10.6. The normalized spacial score (nSPS) is 9.43. The van der Waals surface area contributed by atoms with E-state index in [0.717, 1.165) is 10.8 Å². The zero-order valence-electron chi connectivity index (χ0n) is 6.90. The first-order valence-corrected chi connectivity index (χ1v) is 3.99. The Hall–Kier alpha value is -0.960. The van der Waals surface area contributed by atoms with Crippen LogP contribution in [0.3, 0.4) is 0 Å². The maximum atomic E-state index is 10.6. The number of hydrogen-bond donors (Lipinski definition) is 1. The summed E-state index contributed by atoms with van der Waals surface area (Å²) in [6, 6.07) is 12.8. The Labute approximate surface area is 100 Å². The molecule has 2 rings (SSSR count). The summed E-state index contributed by atoms with van der Waals surface area (Å²) in [5, 5.41) is 10.8. The molecule has 2 aromatic carbocycles. The predicted octanol–water partition coefficient (Wildman–Crippen LogP) is 1.35. The Morgan fingerprint density at radius 3 is 2.29 bits per heavy atom. The molecule has 14 heavy (non-hydrogen) atoms. The Bertz CT molecular complexity index is 466. The van der Waals surface area contributed by atoms with Crippen LogP contribution in [0.4, 0.5) is 0 Å². The third-order valence-electron chi connectivity index (χ3n) is 2.00. The van der Waals surface area contributed by atoms with E-state index < -0.39 is 5.97 Å². The molecule has 0 bridgehead atoms. The van der Waals surface area contributed by atoms with Crippen molar-refractivity contribution in [1.82, 2.24) is 0 Å². The van der Waals surface area contributed by atoms with Gasteiger partial charge in [-0.1, -0.05) is 30.3 Å². The molecule has 0 radical (unpaired) electrons. The molecule has 1 N–H and O–H groups in total. The Morgan fingerprint density at radius 2 is 1.64 bits per heavy atom. The van der Waals surface area contributed by atoms with Gasteiger partial charge in [0.1, 0.15) is 0 Å². The summed E-state index contributed by atoms with van der Waals surface area (Å²) in [6.45, 7) is 0. The van der Waals surface area contributed by atoms with Crippen LogP contribution in [0.5, 0.6) is 0 Å². The summed E-state index contributed by atoms with van der Waals surface area (Å²) in [6.07, 6.45) is 0. The standard InChI is InChI=1S/C11H8O2.In.3H/c12-11(13)10-6-5-8-3-1-2-4-9(8)7-10;;;;/h1-7H,(H,12,13);;;;. The first-order valence-electron chi connectivity index (χ1n) is 3.99. The van der Waals surface area contributed by atoms with Gasteiger partial charge in [0.05, 0.1) is 5.56 Å². The molecule has 0 aliphatic rings. The maximum absolute atomic E-state index is 10.6. The monoisotopic (exact) mass is 290 g/mol. The van der Waals surface area contributed by atoms with Gasteiger partial charge in [0, 0.05) is 0 Å². The average Bonchev–Trinajstić information content (AvgIpc) is 2.17. The number of fused-ring (bicyclic) bond motifs is 1. The molecule has 0 aromatic heterocycles. The van der Waals surface area contributed by atoms with Crippen LogP contribution in [0.2, 0.25) is 0 Å². The van der Waals surface area contributed by atoms with Crippen molar-refractivity contribution in [2.24, 2.45) is 0 Å². The van der Waals surface area contributed by atoms with Crippen molar-refractivity contribution in [2.45, 2.75) is 0 Å². The number of hydrogen-bond acceptors (Lipinski definition) is 1. The second kappa shape index (κ2) is 4.51. The molecular formula is C11H11InO2. The average molecular weight is 290 g/mol. The van der Waals surface area contributed by atoms with Crippen LogP contribution in [0.15, 0.2) is 42.5 Å². The van der Waals surface area contributed by atoms with Crippen molar-refractivity contribution in [1.29, 1.82) is 0 Å². The summed E-state index contributed by atoms with van der Waals surface area (Å²) >= 11 is 0. The fraction of sp³-hybridized carbons (Fsp3) is 0. The number of carboxylic acid groups (broad SMARTS) is 1. The third kappa shape index (κ3) is 2.10. The SMILES string of the molecule is O=C(O)c1ccc2ccccc2c1.[InH3]. The minimum atomic E-state index is -0.884. The molecule has 0 fully saturated rings. The van der Waals surface area contributed by atoms with Crippen LogP contribution in [-0.2, 0) is 0 Å². The number of carboxylic acids is 1. The van der Waals surface area contributed by atoms with E-state index in [1.54, 1.807) is 12.1 Å². The first-order chi connectivity index (χ1) is 6.27. The van der Waals surface area contributed by atoms with E-state index in [1.165, 1.54) is 0 Å². The van der Waals surface area contributed by atoms with Crippen molar-refractivity contribution in [3.63, 3.8) is 0 Å². The van der Waals surface area contributed by atoms with Gasteiger partial charge in [0.25, 0.3) is 0 Å². The van der Waals surface area contributed by atoms with Gasteiger partial charge in [-0.15, -0.1) is 0 Å². The topological polar surface area (TPSA) is 37.3 Å². The predicted molar refractivity (Wildman–Crippen MR) is 60.8 cm³/mol. The third-order valence-corrected chi connectivity index (χ3v) is 2.00. The van der Waals surface area contributed by atoms with Crippen molar-refractivity contribution >= 4 is 42.6 Å². The quantitative estimate of drug-likeness (QED) is 0.861. The molecule has 0 aliphatic carbocycles. The van der Waals surface area contributed by atoms with E-state index in [1.807, 2.05) is 30.3 Å². The minimum absolute atomic E-state index is 0. The van der Waals surface area contributed by atoms with E-state index in [-0.39, 0.29) is 25.8 Å². The van der Waals surface area contributed by atoms with Crippen LogP contribution < -0.4 is 0 Å². The number of benzene rings is 2. The fourth-order valence-corrected chi connectivity index (χ4v) is 1.32. The van der Waals surface area contributed by atoms with Crippen molar-refractivity contribution < 1.29 is 9.90 Å². The van der Waals surface area contributed by atoms with Gasteiger partial charge >= 0.3 is 31.8 Å². The van der Waals surface area contributed by atoms with Gasteiger partial charge in [-0.05, 0) is 22.9 Å². The molecule has 0 heterocycles. The fourth-order valence-electron chi connectivity index (χ4n) is 1.32. The molecule has 2 aromatic rings. The summed E-state index contributed by atoms with van der Waals surface area (Å²) in [5.74, 6) is -0.884. The zero-order chi connectivity index (χ0) is 9.26. The number of aromatic carboxylic acids is 1. The van der Waals surface area contributed by atoms with E-state index in [4.69, 9.17) is 5.11 Å². The van der Waals surface area contributed by atoms with E-state index in [9.17, 15) is 4.79 Å². The van der Waals surface area contributed by atoms with Gasteiger partial charge < -0.3 is 5.11 Å². The molecule has 0 saturated carbocycles. The summed E-state index contributed by atoms with van der Waals surface area (Å²) in [7, 11) is 0. The molecule has 2 nitrogen and oxygen atoms in total. The Kier molecular flexibility index (Phi) is 3.58. The second-order valence-electron chi connectivity index (χ2n) is 2.87.